The molecule has 0 spiro atoms. The van der Waals surface area contributed by atoms with E-state index in [4.69, 9.17) is 4.74 Å². The number of carbonyl (C=O) groups is 2. The van der Waals surface area contributed by atoms with Crippen LogP contribution >= 0.6 is 0 Å². The lowest BCUT2D eigenvalue weighted by Crippen LogP contribution is -2.30. The van der Waals surface area contributed by atoms with Gasteiger partial charge in [0.05, 0.1) is 5.56 Å². The van der Waals surface area contributed by atoms with Gasteiger partial charge in [-0.05, 0) is 65.3 Å². The van der Waals surface area contributed by atoms with Gasteiger partial charge in [0.2, 0.25) is 0 Å². The van der Waals surface area contributed by atoms with Gasteiger partial charge >= 0.3 is 5.97 Å². The first kappa shape index (κ1) is 21.1. The fourth-order valence-corrected chi connectivity index (χ4v) is 4.29. The van der Waals surface area contributed by atoms with Crippen molar-refractivity contribution in [2.24, 2.45) is 5.92 Å². The third-order valence-corrected chi connectivity index (χ3v) is 6.13. The van der Waals surface area contributed by atoms with E-state index >= 15 is 0 Å². The normalized spacial score (nSPS) is 14.5. The summed E-state index contributed by atoms with van der Waals surface area (Å²) in [4.78, 5) is 26.4. The number of hydrogen-bond acceptors (Lipinski definition) is 3. The second-order valence-corrected chi connectivity index (χ2v) is 8.16. The van der Waals surface area contributed by atoms with Crippen molar-refractivity contribution in [2.45, 2.75) is 19.3 Å². The fraction of sp³-hybridized carbons (Fsp3) is 0.308. The molecule has 1 saturated heterocycles. The molecule has 1 aliphatic heterocycles. The molecular formula is C26H27NO4. The Balaban J connectivity index is 1.62. The van der Waals surface area contributed by atoms with E-state index in [0.29, 0.717) is 11.5 Å². The first-order valence-electron chi connectivity index (χ1n) is 10.7. The Kier molecular flexibility index (Phi) is 6.33. The molecule has 0 aromatic heterocycles. The minimum absolute atomic E-state index is 0.00842. The lowest BCUT2D eigenvalue weighted by molar-refractivity contribution is 0.0583. The van der Waals surface area contributed by atoms with Gasteiger partial charge in [-0.2, -0.15) is 0 Å². The lowest BCUT2D eigenvalue weighted by Gasteiger charge is -2.25. The Morgan fingerprint density at radius 1 is 1.00 bits per heavy atom. The SMILES string of the molecule is CN(CCC1CCOCC1)C(=O)c1cccc2c(-c3cccc(C(=O)O)c3)cccc12. The lowest BCUT2D eigenvalue weighted by atomic mass is 9.94. The molecule has 1 heterocycles. The van der Waals surface area contributed by atoms with Crippen molar-refractivity contribution in [1.82, 2.24) is 4.90 Å². The van der Waals surface area contributed by atoms with E-state index in [1.165, 1.54) is 0 Å². The largest absolute Gasteiger partial charge is 0.478 e. The molecule has 0 bridgehead atoms. The maximum Gasteiger partial charge on any atom is 0.335 e. The predicted octanol–water partition coefficient (Wildman–Crippen LogP) is 5.09. The van der Waals surface area contributed by atoms with E-state index in [-0.39, 0.29) is 11.5 Å². The van der Waals surface area contributed by atoms with Crippen LogP contribution in [-0.2, 0) is 4.74 Å². The molecule has 4 rings (SSSR count). The highest BCUT2D eigenvalue weighted by atomic mass is 16.5. The summed E-state index contributed by atoms with van der Waals surface area (Å²) in [6.45, 7) is 2.36. The molecule has 0 unspecified atom stereocenters. The number of carboxylic acids is 1. The molecule has 5 nitrogen and oxygen atoms in total. The van der Waals surface area contributed by atoms with Crippen LogP contribution in [0.15, 0.2) is 60.7 Å². The minimum atomic E-state index is -0.955. The van der Waals surface area contributed by atoms with Gasteiger partial charge in [0.1, 0.15) is 0 Å². The second kappa shape index (κ2) is 9.31. The highest BCUT2D eigenvalue weighted by Gasteiger charge is 2.19. The number of benzene rings is 3. The van der Waals surface area contributed by atoms with Crippen molar-refractivity contribution in [3.8, 4) is 11.1 Å². The summed E-state index contributed by atoms with van der Waals surface area (Å²) >= 11 is 0. The van der Waals surface area contributed by atoms with E-state index in [9.17, 15) is 14.7 Å². The monoisotopic (exact) mass is 417 g/mol. The number of hydrogen-bond donors (Lipinski definition) is 1. The zero-order chi connectivity index (χ0) is 21.8. The number of rotatable bonds is 6. The summed E-state index contributed by atoms with van der Waals surface area (Å²) < 4.78 is 5.43. The van der Waals surface area contributed by atoms with Gasteiger partial charge in [-0.3, -0.25) is 4.79 Å². The summed E-state index contributed by atoms with van der Waals surface area (Å²) in [7, 11) is 1.86. The van der Waals surface area contributed by atoms with Gasteiger partial charge < -0.3 is 14.7 Å². The molecule has 3 aromatic rings. The van der Waals surface area contributed by atoms with Crippen LogP contribution in [0.1, 0.15) is 40.0 Å². The van der Waals surface area contributed by atoms with Crippen molar-refractivity contribution in [3.05, 3.63) is 71.8 Å². The van der Waals surface area contributed by atoms with Crippen LogP contribution < -0.4 is 0 Å². The summed E-state index contributed by atoms with van der Waals surface area (Å²) in [5, 5.41) is 11.2. The van der Waals surface area contributed by atoms with Crippen molar-refractivity contribution < 1.29 is 19.4 Å². The van der Waals surface area contributed by atoms with Crippen LogP contribution in [0.2, 0.25) is 0 Å². The summed E-state index contributed by atoms with van der Waals surface area (Å²) in [6, 6.07) is 18.5. The Morgan fingerprint density at radius 2 is 1.71 bits per heavy atom. The number of nitrogens with zero attached hydrogens (tertiary/aromatic N) is 1. The molecule has 1 aliphatic rings. The van der Waals surface area contributed by atoms with Crippen LogP contribution in [0.3, 0.4) is 0 Å². The molecule has 1 fully saturated rings. The molecule has 160 valence electrons. The third-order valence-electron chi connectivity index (χ3n) is 6.13. The summed E-state index contributed by atoms with van der Waals surface area (Å²) in [5.41, 5.74) is 2.65. The van der Waals surface area contributed by atoms with Gasteiger partial charge in [-0.25, -0.2) is 4.79 Å². The first-order valence-corrected chi connectivity index (χ1v) is 10.7. The molecule has 0 saturated carbocycles. The number of fused-ring (bicyclic) bond motifs is 1. The summed E-state index contributed by atoms with van der Waals surface area (Å²) in [6.07, 6.45) is 3.12. The fourth-order valence-electron chi connectivity index (χ4n) is 4.29. The zero-order valence-corrected chi connectivity index (χ0v) is 17.7. The zero-order valence-electron chi connectivity index (χ0n) is 17.7. The van der Waals surface area contributed by atoms with Crippen molar-refractivity contribution >= 4 is 22.6 Å². The quantitative estimate of drug-likeness (QED) is 0.606. The highest BCUT2D eigenvalue weighted by molar-refractivity contribution is 6.10. The van der Waals surface area contributed by atoms with Crippen molar-refractivity contribution in [3.63, 3.8) is 0 Å². The summed E-state index contributed by atoms with van der Waals surface area (Å²) in [5.74, 6) is -0.331. The molecule has 1 amide bonds. The number of ether oxygens (including phenoxy) is 1. The van der Waals surface area contributed by atoms with Gasteiger partial charge in [0, 0.05) is 32.4 Å². The van der Waals surface area contributed by atoms with E-state index < -0.39 is 5.97 Å². The van der Waals surface area contributed by atoms with Crippen LogP contribution in [0.4, 0.5) is 0 Å². The standard InChI is InChI=1S/C26H27NO4/c1-27(14-11-18-12-15-31-16-13-18)25(28)24-10-4-8-22-21(7-3-9-23(22)24)19-5-2-6-20(17-19)26(29)30/h2-10,17-18H,11-16H2,1H3,(H,29,30). The average Bonchev–Trinajstić information content (AvgIpc) is 2.82. The van der Waals surface area contributed by atoms with Gasteiger partial charge in [0.25, 0.3) is 5.91 Å². The molecule has 0 aliphatic carbocycles. The average molecular weight is 418 g/mol. The second-order valence-electron chi connectivity index (χ2n) is 8.16. The van der Waals surface area contributed by atoms with E-state index in [1.54, 1.807) is 18.2 Å². The van der Waals surface area contributed by atoms with E-state index in [0.717, 1.165) is 60.9 Å². The molecule has 0 radical (unpaired) electrons. The smallest absolute Gasteiger partial charge is 0.335 e. The van der Waals surface area contributed by atoms with E-state index in [1.807, 2.05) is 54.4 Å². The topological polar surface area (TPSA) is 66.8 Å². The number of amides is 1. The van der Waals surface area contributed by atoms with Gasteiger partial charge in [0.15, 0.2) is 0 Å². The number of aromatic carboxylic acids is 1. The molecule has 5 heteroatoms. The maximum absolute atomic E-state index is 13.2. The highest BCUT2D eigenvalue weighted by Crippen LogP contribution is 2.31. The van der Waals surface area contributed by atoms with Crippen LogP contribution in [-0.4, -0.2) is 48.7 Å². The van der Waals surface area contributed by atoms with Crippen molar-refractivity contribution in [1.29, 1.82) is 0 Å². The molecule has 1 N–H and O–H groups in total. The molecule has 31 heavy (non-hydrogen) atoms. The predicted molar refractivity (Wildman–Crippen MR) is 121 cm³/mol. The van der Waals surface area contributed by atoms with Gasteiger partial charge in [-0.1, -0.05) is 42.5 Å². The molecule has 0 atom stereocenters. The molecule has 3 aromatic carbocycles. The minimum Gasteiger partial charge on any atom is -0.478 e. The first-order chi connectivity index (χ1) is 15.0. The number of carboxylic acid groups (broad SMARTS) is 1. The van der Waals surface area contributed by atoms with Crippen LogP contribution in [0, 0.1) is 5.92 Å². The van der Waals surface area contributed by atoms with E-state index in [2.05, 4.69) is 0 Å². The molecular weight excluding hydrogens is 390 g/mol. The van der Waals surface area contributed by atoms with Crippen molar-refractivity contribution in [2.75, 3.05) is 26.8 Å². The number of carbonyl (C=O) groups excluding carboxylic acids is 1. The maximum atomic E-state index is 13.2. The third kappa shape index (κ3) is 4.62. The Labute approximate surface area is 182 Å². The Morgan fingerprint density at radius 3 is 2.48 bits per heavy atom. The van der Waals surface area contributed by atoms with Crippen LogP contribution in [0.25, 0.3) is 21.9 Å². The van der Waals surface area contributed by atoms with Gasteiger partial charge in [-0.15, -0.1) is 0 Å². The Hall–Kier alpha value is -3.18. The van der Waals surface area contributed by atoms with Crippen LogP contribution in [0.5, 0.6) is 0 Å². The Bertz CT molecular complexity index is 1100.